The van der Waals surface area contributed by atoms with Gasteiger partial charge in [0.2, 0.25) is 0 Å². The Morgan fingerprint density at radius 2 is 2.05 bits per heavy atom. The number of thioether (sulfide) groups is 1. The Morgan fingerprint density at radius 3 is 2.68 bits per heavy atom. The number of anilines is 1. The fourth-order valence-corrected chi connectivity index (χ4v) is 2.10. The first kappa shape index (κ1) is 13.1. The third-order valence-corrected chi connectivity index (χ3v) is 3.19. The summed E-state index contributed by atoms with van der Waals surface area (Å²) in [5.74, 6) is -0.206. The number of hydrogen-bond acceptors (Lipinski definition) is 4. The Bertz CT molecular complexity index is 632. The van der Waals surface area contributed by atoms with E-state index in [9.17, 15) is 4.79 Å². The number of nitrogens with zero attached hydrogens (tertiary/aromatic N) is 2. The van der Waals surface area contributed by atoms with Crippen LogP contribution in [0.15, 0.2) is 47.6 Å². The van der Waals surface area contributed by atoms with Gasteiger partial charge in [-0.25, -0.2) is 4.98 Å². The standard InChI is InChI=1S/C14H11N3OS/c1-19-14-12(3-2-8-16-14)13(18)17-11-6-4-10(9-15)5-7-11/h2-8H,1H3,(H,17,18). The lowest BCUT2D eigenvalue weighted by Crippen LogP contribution is -2.13. The summed E-state index contributed by atoms with van der Waals surface area (Å²) in [5.41, 5.74) is 1.75. The van der Waals surface area contributed by atoms with Crippen LogP contribution in [0.1, 0.15) is 15.9 Å². The molecule has 0 radical (unpaired) electrons. The third kappa shape index (κ3) is 3.12. The lowest BCUT2D eigenvalue weighted by Gasteiger charge is -2.07. The molecule has 94 valence electrons. The van der Waals surface area contributed by atoms with Gasteiger partial charge in [-0.05, 0) is 42.7 Å². The number of hydrogen-bond donors (Lipinski definition) is 1. The maximum absolute atomic E-state index is 12.1. The number of pyridine rings is 1. The first-order chi connectivity index (χ1) is 9.24. The van der Waals surface area contributed by atoms with E-state index >= 15 is 0 Å². The molecule has 0 aliphatic heterocycles. The van der Waals surface area contributed by atoms with Crippen LogP contribution in [0.5, 0.6) is 0 Å². The van der Waals surface area contributed by atoms with E-state index in [4.69, 9.17) is 5.26 Å². The molecule has 1 aromatic heterocycles. The number of aromatic nitrogens is 1. The van der Waals surface area contributed by atoms with Crippen molar-refractivity contribution in [3.05, 3.63) is 53.7 Å². The van der Waals surface area contributed by atoms with Crippen molar-refractivity contribution in [2.75, 3.05) is 11.6 Å². The summed E-state index contributed by atoms with van der Waals surface area (Å²) in [6.45, 7) is 0. The second-order valence-electron chi connectivity index (χ2n) is 3.70. The lowest BCUT2D eigenvalue weighted by atomic mass is 10.2. The lowest BCUT2D eigenvalue weighted by molar-refractivity contribution is 0.102. The molecule has 0 spiro atoms. The average molecular weight is 269 g/mol. The molecule has 0 bridgehead atoms. The summed E-state index contributed by atoms with van der Waals surface area (Å²) in [7, 11) is 0. The fourth-order valence-electron chi connectivity index (χ4n) is 1.55. The molecular formula is C14H11N3OS. The second kappa shape index (κ2) is 6.03. The highest BCUT2D eigenvalue weighted by molar-refractivity contribution is 7.98. The molecule has 2 aromatic rings. The first-order valence-corrected chi connectivity index (χ1v) is 6.77. The van der Waals surface area contributed by atoms with Crippen LogP contribution >= 0.6 is 11.8 Å². The first-order valence-electron chi connectivity index (χ1n) is 5.55. The molecule has 0 atom stereocenters. The summed E-state index contributed by atoms with van der Waals surface area (Å²) in [6.07, 6.45) is 3.53. The molecule has 1 aromatic carbocycles. The zero-order valence-corrected chi connectivity index (χ0v) is 11.1. The van der Waals surface area contributed by atoms with E-state index in [2.05, 4.69) is 10.3 Å². The van der Waals surface area contributed by atoms with Gasteiger partial charge < -0.3 is 5.32 Å². The Labute approximate surface area is 115 Å². The predicted octanol–water partition coefficient (Wildman–Crippen LogP) is 2.93. The van der Waals surface area contributed by atoms with E-state index in [1.165, 1.54) is 11.8 Å². The molecule has 0 aliphatic rings. The summed E-state index contributed by atoms with van der Waals surface area (Å²) in [4.78, 5) is 16.3. The number of carbonyl (C=O) groups is 1. The molecule has 0 fully saturated rings. The van der Waals surface area contributed by atoms with Crippen molar-refractivity contribution >= 4 is 23.4 Å². The maximum atomic E-state index is 12.1. The van der Waals surface area contributed by atoms with Crippen LogP contribution in [0.2, 0.25) is 0 Å². The molecule has 5 heteroatoms. The zero-order valence-electron chi connectivity index (χ0n) is 10.3. The number of nitrogens with one attached hydrogen (secondary N) is 1. The third-order valence-electron chi connectivity index (χ3n) is 2.48. The van der Waals surface area contributed by atoms with Gasteiger partial charge in [-0.1, -0.05) is 0 Å². The molecule has 1 N–H and O–H groups in total. The van der Waals surface area contributed by atoms with Gasteiger partial charge >= 0.3 is 0 Å². The van der Waals surface area contributed by atoms with E-state index in [1.807, 2.05) is 12.3 Å². The number of benzene rings is 1. The Kier molecular flexibility index (Phi) is 4.16. The highest BCUT2D eigenvalue weighted by Crippen LogP contribution is 2.18. The maximum Gasteiger partial charge on any atom is 0.258 e. The van der Waals surface area contributed by atoms with Gasteiger partial charge in [0.25, 0.3) is 5.91 Å². The van der Waals surface area contributed by atoms with Gasteiger partial charge in [-0.3, -0.25) is 4.79 Å². The second-order valence-corrected chi connectivity index (χ2v) is 4.50. The number of rotatable bonds is 3. The summed E-state index contributed by atoms with van der Waals surface area (Å²) in [5, 5.41) is 12.2. The van der Waals surface area contributed by atoms with Crippen molar-refractivity contribution in [2.45, 2.75) is 5.03 Å². The molecule has 0 unspecified atom stereocenters. The number of amides is 1. The molecule has 0 saturated carbocycles. The van der Waals surface area contributed by atoms with Crippen LogP contribution in [0, 0.1) is 11.3 Å². The van der Waals surface area contributed by atoms with Crippen LogP contribution in [-0.4, -0.2) is 17.1 Å². The van der Waals surface area contributed by atoms with Crippen molar-refractivity contribution in [1.82, 2.24) is 4.98 Å². The molecule has 1 amide bonds. The van der Waals surface area contributed by atoms with Gasteiger partial charge in [0.1, 0.15) is 5.03 Å². The normalized spacial score (nSPS) is 9.68. The molecule has 1 heterocycles. The van der Waals surface area contributed by atoms with Crippen LogP contribution in [-0.2, 0) is 0 Å². The Morgan fingerprint density at radius 1 is 1.32 bits per heavy atom. The van der Waals surface area contributed by atoms with Crippen LogP contribution in [0.25, 0.3) is 0 Å². The van der Waals surface area contributed by atoms with E-state index in [0.717, 1.165) is 0 Å². The molecule has 0 aliphatic carbocycles. The minimum Gasteiger partial charge on any atom is -0.322 e. The molecule has 2 rings (SSSR count). The quantitative estimate of drug-likeness (QED) is 0.870. The van der Waals surface area contributed by atoms with E-state index < -0.39 is 0 Å². The fraction of sp³-hybridized carbons (Fsp3) is 0.0714. The molecular weight excluding hydrogens is 258 g/mol. The molecule has 19 heavy (non-hydrogen) atoms. The van der Waals surface area contributed by atoms with Crippen LogP contribution < -0.4 is 5.32 Å². The largest absolute Gasteiger partial charge is 0.322 e. The topological polar surface area (TPSA) is 65.8 Å². The smallest absolute Gasteiger partial charge is 0.258 e. The van der Waals surface area contributed by atoms with Crippen molar-refractivity contribution in [2.24, 2.45) is 0 Å². The van der Waals surface area contributed by atoms with E-state index in [1.54, 1.807) is 42.6 Å². The van der Waals surface area contributed by atoms with Gasteiger partial charge in [-0.2, -0.15) is 5.26 Å². The van der Waals surface area contributed by atoms with Crippen LogP contribution in [0.3, 0.4) is 0 Å². The van der Waals surface area contributed by atoms with Gasteiger partial charge in [0, 0.05) is 11.9 Å². The highest BCUT2D eigenvalue weighted by Gasteiger charge is 2.11. The summed E-state index contributed by atoms with van der Waals surface area (Å²) in [6, 6.07) is 12.2. The summed E-state index contributed by atoms with van der Waals surface area (Å²) < 4.78 is 0. The zero-order chi connectivity index (χ0) is 13.7. The summed E-state index contributed by atoms with van der Waals surface area (Å²) >= 11 is 1.43. The number of nitriles is 1. The molecule has 4 nitrogen and oxygen atoms in total. The average Bonchev–Trinajstić information content (AvgIpc) is 2.48. The minimum absolute atomic E-state index is 0.206. The SMILES string of the molecule is CSc1ncccc1C(=O)Nc1ccc(C#N)cc1. The van der Waals surface area contributed by atoms with E-state index in [-0.39, 0.29) is 5.91 Å². The minimum atomic E-state index is -0.206. The van der Waals surface area contributed by atoms with Crippen molar-refractivity contribution in [3.8, 4) is 6.07 Å². The molecule has 0 saturated heterocycles. The van der Waals surface area contributed by atoms with Crippen molar-refractivity contribution in [1.29, 1.82) is 5.26 Å². The predicted molar refractivity (Wildman–Crippen MR) is 75.1 cm³/mol. The van der Waals surface area contributed by atoms with Crippen molar-refractivity contribution in [3.63, 3.8) is 0 Å². The van der Waals surface area contributed by atoms with Crippen LogP contribution in [0.4, 0.5) is 5.69 Å². The van der Waals surface area contributed by atoms with E-state index in [0.29, 0.717) is 21.8 Å². The van der Waals surface area contributed by atoms with Crippen molar-refractivity contribution < 1.29 is 4.79 Å². The van der Waals surface area contributed by atoms with Gasteiger partial charge in [-0.15, -0.1) is 11.8 Å². The van der Waals surface area contributed by atoms with Gasteiger partial charge in [0.15, 0.2) is 0 Å². The van der Waals surface area contributed by atoms with Gasteiger partial charge in [0.05, 0.1) is 17.2 Å². The monoisotopic (exact) mass is 269 g/mol. The number of carbonyl (C=O) groups excluding carboxylic acids is 1. The Balaban J connectivity index is 2.18. The Hall–Kier alpha value is -2.32. The highest BCUT2D eigenvalue weighted by atomic mass is 32.2.